The van der Waals surface area contributed by atoms with Gasteiger partial charge in [0, 0.05) is 5.69 Å². The van der Waals surface area contributed by atoms with Crippen molar-refractivity contribution >= 4 is 5.69 Å². The third-order valence-electron chi connectivity index (χ3n) is 3.38. The maximum Gasteiger partial charge on any atom is 0.251 e. The normalized spacial score (nSPS) is 10.7. The van der Waals surface area contributed by atoms with Gasteiger partial charge in [-0.15, -0.1) is 10.2 Å². The number of anilines is 1. The van der Waals surface area contributed by atoms with Gasteiger partial charge >= 0.3 is 0 Å². The monoisotopic (exact) mass is 309 g/mol. The summed E-state index contributed by atoms with van der Waals surface area (Å²) in [4.78, 5) is 0. The summed E-state index contributed by atoms with van der Waals surface area (Å²) in [7, 11) is 0. The van der Waals surface area contributed by atoms with E-state index >= 15 is 0 Å². The minimum atomic E-state index is 0.474. The zero-order valence-electron chi connectivity index (χ0n) is 13.0. The first-order valence-electron chi connectivity index (χ1n) is 7.65. The van der Waals surface area contributed by atoms with Crippen molar-refractivity contribution < 1.29 is 9.15 Å². The molecule has 5 heteroatoms. The third kappa shape index (κ3) is 3.69. The van der Waals surface area contributed by atoms with Crippen LogP contribution in [0, 0.1) is 0 Å². The molecule has 118 valence electrons. The Morgan fingerprint density at radius 3 is 2.61 bits per heavy atom. The molecule has 2 N–H and O–H groups in total. The van der Waals surface area contributed by atoms with Crippen LogP contribution in [-0.4, -0.2) is 16.8 Å². The van der Waals surface area contributed by atoms with E-state index in [1.54, 1.807) is 0 Å². The highest BCUT2D eigenvalue weighted by Gasteiger charge is 2.13. The summed E-state index contributed by atoms with van der Waals surface area (Å²) < 4.78 is 11.5. The van der Waals surface area contributed by atoms with Crippen LogP contribution >= 0.6 is 0 Å². The molecule has 2 aromatic carbocycles. The van der Waals surface area contributed by atoms with Gasteiger partial charge in [-0.1, -0.05) is 31.2 Å². The number of ether oxygens (including phenoxy) is 1. The molecule has 3 aromatic rings. The average Bonchev–Trinajstić information content (AvgIpc) is 3.04. The molecule has 0 amide bonds. The Hall–Kier alpha value is -2.82. The van der Waals surface area contributed by atoms with Crippen LogP contribution in [0.4, 0.5) is 5.69 Å². The fourth-order valence-electron chi connectivity index (χ4n) is 2.23. The van der Waals surface area contributed by atoms with Crippen molar-refractivity contribution in [1.82, 2.24) is 10.2 Å². The van der Waals surface area contributed by atoms with Gasteiger partial charge in [0.05, 0.1) is 18.6 Å². The van der Waals surface area contributed by atoms with Crippen molar-refractivity contribution in [2.45, 2.75) is 19.8 Å². The van der Waals surface area contributed by atoms with Crippen LogP contribution in [0.5, 0.6) is 5.75 Å². The Balaban J connectivity index is 1.80. The van der Waals surface area contributed by atoms with Gasteiger partial charge in [-0.2, -0.15) is 0 Å². The van der Waals surface area contributed by atoms with Gasteiger partial charge in [-0.25, -0.2) is 0 Å². The molecule has 0 unspecified atom stereocenters. The highest BCUT2D eigenvalue weighted by molar-refractivity contribution is 5.62. The number of nitrogens with two attached hydrogens (primary N) is 1. The van der Waals surface area contributed by atoms with Gasteiger partial charge in [0.1, 0.15) is 5.75 Å². The van der Waals surface area contributed by atoms with Gasteiger partial charge in [-0.3, -0.25) is 0 Å². The summed E-state index contributed by atoms with van der Waals surface area (Å²) in [6, 6.07) is 15.3. The Labute approximate surface area is 135 Å². The van der Waals surface area contributed by atoms with E-state index in [0.717, 1.165) is 29.0 Å². The number of aromatic nitrogens is 2. The first-order valence-corrected chi connectivity index (χ1v) is 7.65. The molecule has 0 aliphatic rings. The smallest absolute Gasteiger partial charge is 0.251 e. The van der Waals surface area contributed by atoms with Crippen molar-refractivity contribution in [3.8, 4) is 17.2 Å². The van der Waals surface area contributed by atoms with Crippen LogP contribution in [0.25, 0.3) is 11.5 Å². The SMILES string of the molecule is CCCOc1ccccc1-c1nnc(Cc2ccc(N)cc2)o1. The van der Waals surface area contributed by atoms with Gasteiger partial charge in [0.2, 0.25) is 5.89 Å². The van der Waals surface area contributed by atoms with Crippen LogP contribution in [0.1, 0.15) is 24.8 Å². The third-order valence-corrected chi connectivity index (χ3v) is 3.38. The first-order chi connectivity index (χ1) is 11.3. The highest BCUT2D eigenvalue weighted by atomic mass is 16.5. The minimum Gasteiger partial charge on any atom is -0.493 e. The van der Waals surface area contributed by atoms with Gasteiger partial charge in [0.15, 0.2) is 0 Å². The molecule has 1 heterocycles. The van der Waals surface area contributed by atoms with Crippen LogP contribution in [0.15, 0.2) is 52.9 Å². The van der Waals surface area contributed by atoms with E-state index in [1.807, 2.05) is 48.5 Å². The second kappa shape index (κ2) is 6.96. The Kier molecular flexibility index (Phi) is 4.57. The Bertz CT molecular complexity index is 766. The topological polar surface area (TPSA) is 74.2 Å². The van der Waals surface area contributed by atoms with E-state index in [-0.39, 0.29) is 0 Å². The van der Waals surface area contributed by atoms with Gasteiger partial charge in [0.25, 0.3) is 5.89 Å². The lowest BCUT2D eigenvalue weighted by Crippen LogP contribution is -1.96. The molecule has 0 saturated carbocycles. The van der Waals surface area contributed by atoms with Crippen LogP contribution in [-0.2, 0) is 6.42 Å². The van der Waals surface area contributed by atoms with Crippen molar-refractivity contribution in [3.63, 3.8) is 0 Å². The lowest BCUT2D eigenvalue weighted by Gasteiger charge is -2.07. The molecule has 0 atom stereocenters. The van der Waals surface area contributed by atoms with E-state index < -0.39 is 0 Å². The number of benzene rings is 2. The van der Waals surface area contributed by atoms with E-state index in [1.165, 1.54) is 0 Å². The predicted octanol–water partition coefficient (Wildman–Crippen LogP) is 3.70. The number of para-hydroxylation sites is 1. The zero-order valence-corrected chi connectivity index (χ0v) is 13.0. The summed E-state index contributed by atoms with van der Waals surface area (Å²) in [5, 5.41) is 8.28. The molecule has 0 bridgehead atoms. The summed E-state index contributed by atoms with van der Waals surface area (Å²) in [5.74, 6) is 1.80. The number of nitrogen functional groups attached to an aromatic ring is 1. The number of nitrogens with zero attached hydrogens (tertiary/aromatic N) is 2. The Morgan fingerprint density at radius 2 is 1.83 bits per heavy atom. The van der Waals surface area contributed by atoms with Crippen LogP contribution in [0.2, 0.25) is 0 Å². The van der Waals surface area contributed by atoms with Crippen LogP contribution in [0.3, 0.4) is 0 Å². The number of rotatable bonds is 6. The standard InChI is InChI=1S/C18H19N3O2/c1-2-11-22-16-6-4-3-5-15(16)18-21-20-17(23-18)12-13-7-9-14(19)10-8-13/h3-10H,2,11-12,19H2,1H3. The lowest BCUT2D eigenvalue weighted by molar-refractivity contribution is 0.317. The second-order valence-corrected chi connectivity index (χ2v) is 5.26. The first kappa shape index (κ1) is 15.1. The van der Waals surface area contributed by atoms with Crippen molar-refractivity contribution in [2.24, 2.45) is 0 Å². The molecule has 0 fully saturated rings. The molecule has 0 aliphatic carbocycles. The lowest BCUT2D eigenvalue weighted by atomic mass is 10.1. The van der Waals surface area contributed by atoms with Crippen molar-refractivity contribution in [1.29, 1.82) is 0 Å². The number of hydrogen-bond acceptors (Lipinski definition) is 5. The molecular weight excluding hydrogens is 290 g/mol. The van der Waals surface area contributed by atoms with Gasteiger partial charge < -0.3 is 14.9 Å². The molecule has 0 radical (unpaired) electrons. The van der Waals surface area contributed by atoms with E-state index in [0.29, 0.717) is 24.8 Å². The van der Waals surface area contributed by atoms with Crippen molar-refractivity contribution in [2.75, 3.05) is 12.3 Å². The molecule has 3 rings (SSSR count). The minimum absolute atomic E-state index is 0.474. The number of hydrogen-bond donors (Lipinski definition) is 1. The second-order valence-electron chi connectivity index (χ2n) is 5.26. The maximum atomic E-state index is 5.79. The fourth-order valence-corrected chi connectivity index (χ4v) is 2.23. The van der Waals surface area contributed by atoms with E-state index in [2.05, 4.69) is 17.1 Å². The fraction of sp³-hybridized carbons (Fsp3) is 0.222. The molecule has 0 spiro atoms. The van der Waals surface area contributed by atoms with Crippen LogP contribution < -0.4 is 10.5 Å². The summed E-state index contributed by atoms with van der Waals surface area (Å²) >= 11 is 0. The summed E-state index contributed by atoms with van der Waals surface area (Å²) in [6.07, 6.45) is 1.52. The van der Waals surface area contributed by atoms with E-state index in [4.69, 9.17) is 14.9 Å². The Morgan fingerprint density at radius 1 is 1.04 bits per heavy atom. The molecular formula is C18H19N3O2. The van der Waals surface area contributed by atoms with E-state index in [9.17, 15) is 0 Å². The highest BCUT2D eigenvalue weighted by Crippen LogP contribution is 2.29. The molecule has 0 saturated heterocycles. The average molecular weight is 309 g/mol. The quantitative estimate of drug-likeness (QED) is 0.703. The summed E-state index contributed by atoms with van der Waals surface area (Å²) in [6.45, 7) is 2.73. The molecule has 0 aliphatic heterocycles. The zero-order chi connectivity index (χ0) is 16.1. The molecule has 1 aromatic heterocycles. The largest absolute Gasteiger partial charge is 0.493 e. The van der Waals surface area contributed by atoms with Crippen molar-refractivity contribution in [3.05, 3.63) is 60.0 Å². The maximum absolute atomic E-state index is 5.79. The van der Waals surface area contributed by atoms with Gasteiger partial charge in [-0.05, 0) is 36.2 Å². The summed E-state index contributed by atoms with van der Waals surface area (Å²) in [5.41, 5.74) is 8.32. The molecule has 5 nitrogen and oxygen atoms in total. The predicted molar refractivity (Wildman–Crippen MR) is 89.2 cm³/mol. The molecule has 23 heavy (non-hydrogen) atoms.